The minimum Gasteiger partial charge on any atom is -0.315 e. The average molecular weight is 313 g/mol. The smallest absolute Gasteiger partial charge is 0.218 e. The van der Waals surface area contributed by atoms with E-state index in [0.717, 1.165) is 24.4 Å². The fourth-order valence-corrected chi connectivity index (χ4v) is 3.60. The summed E-state index contributed by atoms with van der Waals surface area (Å²) in [5.74, 6) is 0. The van der Waals surface area contributed by atoms with Crippen LogP contribution in [0.25, 0.3) is 0 Å². The largest absolute Gasteiger partial charge is 0.315 e. The summed E-state index contributed by atoms with van der Waals surface area (Å²) in [5, 5.41) is 2.74. The normalized spacial score (nSPS) is 13.6. The second-order valence-corrected chi connectivity index (χ2v) is 7.61. The van der Waals surface area contributed by atoms with Crippen molar-refractivity contribution in [3.05, 3.63) is 29.6 Å². The number of pyridine rings is 1. The van der Waals surface area contributed by atoms with Gasteiger partial charge < -0.3 is 5.32 Å². The van der Waals surface area contributed by atoms with Gasteiger partial charge in [-0.05, 0) is 38.9 Å². The van der Waals surface area contributed by atoms with Crippen LogP contribution in [0.2, 0.25) is 0 Å². The highest BCUT2D eigenvalue weighted by Crippen LogP contribution is 2.12. The predicted octanol–water partition coefficient (Wildman–Crippen LogP) is 1.93. The van der Waals surface area contributed by atoms with Gasteiger partial charge in [0, 0.05) is 18.8 Å². The molecule has 1 N–H and O–H groups in total. The average Bonchev–Trinajstić information content (AvgIpc) is 2.44. The third kappa shape index (κ3) is 5.37. The summed E-state index contributed by atoms with van der Waals surface area (Å²) < 4.78 is 26.7. The second-order valence-electron chi connectivity index (χ2n) is 5.26. The Bertz CT molecular complexity index is 531. The highest BCUT2D eigenvalue weighted by Gasteiger charge is 2.27. The van der Waals surface area contributed by atoms with Crippen molar-refractivity contribution in [1.29, 1.82) is 0 Å². The van der Waals surface area contributed by atoms with Crippen LogP contribution in [-0.2, 0) is 16.6 Å². The standard InChI is InChI=1S/C15H27N3O2S/c1-5-10-16-11-14(4)21(19,20)18(6-2)12-15-9-7-8-13(3)17-15/h7-9,14,16H,5-6,10-12H2,1-4H3. The molecule has 1 rings (SSSR count). The lowest BCUT2D eigenvalue weighted by Gasteiger charge is -2.24. The van der Waals surface area contributed by atoms with Crippen LogP contribution in [0, 0.1) is 6.92 Å². The van der Waals surface area contributed by atoms with Crippen molar-refractivity contribution in [2.45, 2.75) is 45.9 Å². The number of aromatic nitrogens is 1. The molecule has 0 amide bonds. The van der Waals surface area contributed by atoms with E-state index in [2.05, 4.69) is 17.2 Å². The molecule has 1 aromatic heterocycles. The Labute approximate surface area is 128 Å². The van der Waals surface area contributed by atoms with Gasteiger partial charge in [0.15, 0.2) is 0 Å². The van der Waals surface area contributed by atoms with E-state index >= 15 is 0 Å². The molecule has 0 aromatic carbocycles. The molecule has 0 bridgehead atoms. The molecule has 120 valence electrons. The maximum absolute atomic E-state index is 12.6. The van der Waals surface area contributed by atoms with Crippen molar-refractivity contribution in [1.82, 2.24) is 14.6 Å². The minimum absolute atomic E-state index is 0.332. The Balaban J connectivity index is 2.77. The summed E-state index contributed by atoms with van der Waals surface area (Å²) >= 11 is 0. The van der Waals surface area contributed by atoms with Crippen molar-refractivity contribution in [3.63, 3.8) is 0 Å². The Kier molecular flexibility index (Phi) is 7.28. The van der Waals surface area contributed by atoms with Crippen LogP contribution >= 0.6 is 0 Å². The number of rotatable bonds is 9. The van der Waals surface area contributed by atoms with Crippen LogP contribution in [0.15, 0.2) is 18.2 Å². The summed E-state index contributed by atoms with van der Waals surface area (Å²) in [6, 6.07) is 5.68. The molecule has 21 heavy (non-hydrogen) atoms. The summed E-state index contributed by atoms with van der Waals surface area (Å²) in [7, 11) is -3.31. The number of hydrogen-bond acceptors (Lipinski definition) is 4. The first-order valence-electron chi connectivity index (χ1n) is 7.54. The monoisotopic (exact) mass is 313 g/mol. The van der Waals surface area contributed by atoms with E-state index in [1.54, 1.807) is 6.92 Å². The van der Waals surface area contributed by atoms with Gasteiger partial charge in [-0.2, -0.15) is 4.31 Å². The summed E-state index contributed by atoms with van der Waals surface area (Å²) in [6.07, 6.45) is 0.997. The van der Waals surface area contributed by atoms with Crippen LogP contribution in [0.4, 0.5) is 0 Å². The summed E-state index contributed by atoms with van der Waals surface area (Å²) in [5.41, 5.74) is 1.69. The Morgan fingerprint density at radius 1 is 1.33 bits per heavy atom. The molecule has 0 aliphatic heterocycles. The van der Waals surface area contributed by atoms with Crippen LogP contribution in [0.5, 0.6) is 0 Å². The lowest BCUT2D eigenvalue weighted by Crippen LogP contribution is -2.41. The summed E-state index contributed by atoms with van der Waals surface area (Å²) in [4.78, 5) is 4.39. The van der Waals surface area contributed by atoms with Gasteiger partial charge in [0.1, 0.15) is 0 Å². The Morgan fingerprint density at radius 3 is 2.62 bits per heavy atom. The SMILES string of the molecule is CCCNCC(C)S(=O)(=O)N(CC)Cc1cccc(C)n1. The molecule has 1 heterocycles. The van der Waals surface area contributed by atoms with E-state index < -0.39 is 15.3 Å². The first kappa shape index (κ1) is 18.1. The molecule has 0 aliphatic rings. The van der Waals surface area contributed by atoms with Crippen molar-refractivity contribution >= 4 is 10.0 Å². The van der Waals surface area contributed by atoms with Crippen LogP contribution < -0.4 is 5.32 Å². The third-order valence-electron chi connectivity index (χ3n) is 3.36. The Hall–Kier alpha value is -0.980. The van der Waals surface area contributed by atoms with E-state index in [9.17, 15) is 8.42 Å². The zero-order valence-electron chi connectivity index (χ0n) is 13.5. The van der Waals surface area contributed by atoms with Crippen LogP contribution in [0.1, 0.15) is 38.6 Å². The molecule has 0 saturated carbocycles. The minimum atomic E-state index is -3.31. The first-order valence-corrected chi connectivity index (χ1v) is 9.04. The van der Waals surface area contributed by atoms with Crippen LogP contribution in [-0.4, -0.2) is 42.6 Å². The van der Waals surface area contributed by atoms with E-state index in [4.69, 9.17) is 0 Å². The van der Waals surface area contributed by atoms with Crippen molar-refractivity contribution in [3.8, 4) is 0 Å². The fourth-order valence-electron chi connectivity index (χ4n) is 2.09. The van der Waals surface area contributed by atoms with Crippen molar-refractivity contribution < 1.29 is 8.42 Å². The molecule has 6 heteroatoms. The predicted molar refractivity (Wildman–Crippen MR) is 86.6 cm³/mol. The van der Waals surface area contributed by atoms with E-state index in [1.165, 1.54) is 4.31 Å². The van der Waals surface area contributed by atoms with Gasteiger partial charge in [-0.1, -0.05) is 19.9 Å². The number of sulfonamides is 1. The van der Waals surface area contributed by atoms with Gasteiger partial charge in [0.2, 0.25) is 10.0 Å². The Morgan fingerprint density at radius 2 is 2.05 bits per heavy atom. The molecule has 0 fully saturated rings. The lowest BCUT2D eigenvalue weighted by atomic mass is 10.3. The van der Waals surface area contributed by atoms with E-state index in [0.29, 0.717) is 19.6 Å². The lowest BCUT2D eigenvalue weighted by molar-refractivity contribution is 0.409. The van der Waals surface area contributed by atoms with E-state index in [-0.39, 0.29) is 0 Å². The molecular weight excluding hydrogens is 286 g/mol. The highest BCUT2D eigenvalue weighted by molar-refractivity contribution is 7.89. The van der Waals surface area contributed by atoms with Gasteiger partial charge in [0.05, 0.1) is 17.5 Å². The molecule has 5 nitrogen and oxygen atoms in total. The fraction of sp³-hybridized carbons (Fsp3) is 0.667. The maximum atomic E-state index is 12.6. The quantitative estimate of drug-likeness (QED) is 0.708. The van der Waals surface area contributed by atoms with Gasteiger partial charge >= 0.3 is 0 Å². The van der Waals surface area contributed by atoms with Gasteiger partial charge in [-0.3, -0.25) is 4.98 Å². The van der Waals surface area contributed by atoms with Gasteiger partial charge in [-0.25, -0.2) is 8.42 Å². The number of aryl methyl sites for hydroxylation is 1. The van der Waals surface area contributed by atoms with E-state index in [1.807, 2.05) is 32.0 Å². The molecule has 1 unspecified atom stereocenters. The molecular formula is C15H27N3O2S. The molecule has 0 radical (unpaired) electrons. The highest BCUT2D eigenvalue weighted by atomic mass is 32.2. The first-order chi connectivity index (χ1) is 9.91. The molecule has 1 aromatic rings. The summed E-state index contributed by atoms with van der Waals surface area (Å²) in [6.45, 7) is 9.69. The van der Waals surface area contributed by atoms with Crippen LogP contribution in [0.3, 0.4) is 0 Å². The van der Waals surface area contributed by atoms with Gasteiger partial charge in [-0.15, -0.1) is 0 Å². The number of nitrogens with zero attached hydrogens (tertiary/aromatic N) is 2. The van der Waals surface area contributed by atoms with Gasteiger partial charge in [0.25, 0.3) is 0 Å². The molecule has 0 saturated heterocycles. The third-order valence-corrected chi connectivity index (χ3v) is 5.65. The van der Waals surface area contributed by atoms with Crippen molar-refractivity contribution in [2.24, 2.45) is 0 Å². The topological polar surface area (TPSA) is 62.3 Å². The number of hydrogen-bond donors (Lipinski definition) is 1. The number of nitrogens with one attached hydrogen (secondary N) is 1. The zero-order chi connectivity index (χ0) is 15.9. The maximum Gasteiger partial charge on any atom is 0.218 e. The molecule has 0 spiro atoms. The zero-order valence-corrected chi connectivity index (χ0v) is 14.3. The molecule has 1 atom stereocenters. The second kappa shape index (κ2) is 8.46. The molecule has 0 aliphatic carbocycles. The van der Waals surface area contributed by atoms with Crippen molar-refractivity contribution in [2.75, 3.05) is 19.6 Å².